The molecule has 0 aliphatic rings. The molecule has 0 aliphatic carbocycles. The predicted octanol–water partition coefficient (Wildman–Crippen LogP) is 4.47. The maximum absolute atomic E-state index is 13.0. The van der Waals surface area contributed by atoms with Crippen LogP contribution in [0.2, 0.25) is 0 Å². The Morgan fingerprint density at radius 2 is 1.25 bits per heavy atom. The standard InChI is InChI=1S/C14H12F2/c1-14(15,16)13-9-7-12(8-10-13)11-5-3-2-4-6-11/h2-10H,1H3. The van der Waals surface area contributed by atoms with E-state index in [0.717, 1.165) is 18.1 Å². The van der Waals surface area contributed by atoms with Crippen molar-refractivity contribution in [2.45, 2.75) is 12.8 Å². The van der Waals surface area contributed by atoms with E-state index in [1.54, 1.807) is 12.1 Å². The molecule has 0 amide bonds. The average Bonchev–Trinajstić information content (AvgIpc) is 2.29. The van der Waals surface area contributed by atoms with Gasteiger partial charge in [0.1, 0.15) is 0 Å². The maximum atomic E-state index is 13.0. The monoisotopic (exact) mass is 218 g/mol. The zero-order chi connectivity index (χ0) is 11.6. The van der Waals surface area contributed by atoms with Gasteiger partial charge in [0, 0.05) is 12.5 Å². The van der Waals surface area contributed by atoms with Crippen LogP contribution >= 0.6 is 0 Å². The molecule has 0 bridgehead atoms. The van der Waals surface area contributed by atoms with E-state index in [4.69, 9.17) is 0 Å². The lowest BCUT2D eigenvalue weighted by atomic mass is 10.0. The fraction of sp³-hybridized carbons (Fsp3) is 0.143. The van der Waals surface area contributed by atoms with Crippen LogP contribution < -0.4 is 0 Å². The van der Waals surface area contributed by atoms with Crippen LogP contribution in [0.5, 0.6) is 0 Å². The van der Waals surface area contributed by atoms with Gasteiger partial charge in [-0.15, -0.1) is 0 Å². The summed E-state index contributed by atoms with van der Waals surface area (Å²) in [5.41, 5.74) is 2.04. The Balaban J connectivity index is 2.34. The minimum absolute atomic E-state index is 0.0483. The van der Waals surface area contributed by atoms with Crippen molar-refractivity contribution >= 4 is 0 Å². The minimum atomic E-state index is -2.77. The van der Waals surface area contributed by atoms with E-state index in [1.807, 2.05) is 30.3 Å². The maximum Gasteiger partial charge on any atom is 0.270 e. The van der Waals surface area contributed by atoms with Crippen molar-refractivity contribution in [1.82, 2.24) is 0 Å². The van der Waals surface area contributed by atoms with Gasteiger partial charge in [-0.25, -0.2) is 8.78 Å². The van der Waals surface area contributed by atoms with Crippen molar-refractivity contribution in [3.63, 3.8) is 0 Å². The van der Waals surface area contributed by atoms with Crippen LogP contribution in [0.1, 0.15) is 12.5 Å². The molecule has 2 rings (SSSR count). The first-order valence-corrected chi connectivity index (χ1v) is 5.11. The van der Waals surface area contributed by atoms with E-state index in [-0.39, 0.29) is 5.56 Å². The third-order valence-electron chi connectivity index (χ3n) is 2.50. The Hall–Kier alpha value is -1.70. The zero-order valence-electron chi connectivity index (χ0n) is 8.95. The highest BCUT2D eigenvalue weighted by molar-refractivity contribution is 5.63. The molecule has 2 aromatic carbocycles. The normalized spacial score (nSPS) is 11.4. The van der Waals surface area contributed by atoms with Gasteiger partial charge in [-0.05, 0) is 11.1 Å². The summed E-state index contributed by atoms with van der Waals surface area (Å²) in [4.78, 5) is 0. The van der Waals surface area contributed by atoms with Gasteiger partial charge in [0.15, 0.2) is 0 Å². The fourth-order valence-corrected chi connectivity index (χ4v) is 1.59. The molecule has 0 saturated carbocycles. The number of halogens is 2. The molecule has 0 aromatic heterocycles. The summed E-state index contributed by atoms with van der Waals surface area (Å²) in [6.45, 7) is 0.907. The van der Waals surface area contributed by atoms with Crippen LogP contribution in [0, 0.1) is 0 Å². The Labute approximate surface area is 93.5 Å². The van der Waals surface area contributed by atoms with Gasteiger partial charge in [-0.1, -0.05) is 54.6 Å². The van der Waals surface area contributed by atoms with Crippen LogP contribution in [0.15, 0.2) is 54.6 Å². The Bertz CT molecular complexity index is 452. The minimum Gasteiger partial charge on any atom is -0.202 e. The molecule has 0 heterocycles. The number of alkyl halides is 2. The topological polar surface area (TPSA) is 0 Å². The van der Waals surface area contributed by atoms with Crippen LogP contribution in [-0.2, 0) is 5.92 Å². The summed E-state index contributed by atoms with van der Waals surface area (Å²) < 4.78 is 26.0. The van der Waals surface area contributed by atoms with Crippen molar-refractivity contribution in [1.29, 1.82) is 0 Å². The second-order valence-corrected chi connectivity index (χ2v) is 3.83. The van der Waals surface area contributed by atoms with Crippen LogP contribution in [0.25, 0.3) is 11.1 Å². The molecule has 0 N–H and O–H groups in total. The summed E-state index contributed by atoms with van der Waals surface area (Å²) in [5.74, 6) is -2.77. The lowest BCUT2D eigenvalue weighted by Crippen LogP contribution is -2.06. The molecule has 2 heteroatoms. The van der Waals surface area contributed by atoms with Crippen LogP contribution in [0.4, 0.5) is 8.78 Å². The molecule has 0 radical (unpaired) electrons. The van der Waals surface area contributed by atoms with E-state index in [2.05, 4.69) is 0 Å². The van der Waals surface area contributed by atoms with E-state index in [1.165, 1.54) is 12.1 Å². The average molecular weight is 218 g/mol. The van der Waals surface area contributed by atoms with Gasteiger partial charge in [-0.3, -0.25) is 0 Å². The van der Waals surface area contributed by atoms with Crippen LogP contribution in [0.3, 0.4) is 0 Å². The number of rotatable bonds is 2. The zero-order valence-corrected chi connectivity index (χ0v) is 8.95. The summed E-state index contributed by atoms with van der Waals surface area (Å²) in [5, 5.41) is 0. The first-order chi connectivity index (χ1) is 7.57. The summed E-state index contributed by atoms with van der Waals surface area (Å²) >= 11 is 0. The SMILES string of the molecule is CC(F)(F)c1ccc(-c2ccccc2)cc1. The van der Waals surface area contributed by atoms with Gasteiger partial charge in [-0.2, -0.15) is 0 Å². The van der Waals surface area contributed by atoms with Gasteiger partial charge >= 0.3 is 0 Å². The highest BCUT2D eigenvalue weighted by Crippen LogP contribution is 2.28. The molecule has 0 aliphatic heterocycles. The second kappa shape index (κ2) is 4.05. The number of benzene rings is 2. The number of hydrogen-bond donors (Lipinski definition) is 0. The largest absolute Gasteiger partial charge is 0.270 e. The van der Waals surface area contributed by atoms with Gasteiger partial charge in [0.05, 0.1) is 0 Å². The van der Waals surface area contributed by atoms with Gasteiger partial charge < -0.3 is 0 Å². The Morgan fingerprint density at radius 3 is 1.75 bits per heavy atom. The van der Waals surface area contributed by atoms with Crippen LogP contribution in [-0.4, -0.2) is 0 Å². The molecule has 0 spiro atoms. The molecule has 2 aromatic rings. The number of hydrogen-bond acceptors (Lipinski definition) is 0. The molecule has 0 saturated heterocycles. The van der Waals surface area contributed by atoms with Gasteiger partial charge in [0.2, 0.25) is 0 Å². The quantitative estimate of drug-likeness (QED) is 0.697. The van der Waals surface area contributed by atoms with Crippen molar-refractivity contribution < 1.29 is 8.78 Å². The third-order valence-corrected chi connectivity index (χ3v) is 2.50. The molecule has 0 atom stereocenters. The highest BCUT2D eigenvalue weighted by Gasteiger charge is 2.23. The van der Waals surface area contributed by atoms with E-state index >= 15 is 0 Å². The lowest BCUT2D eigenvalue weighted by molar-refractivity contribution is 0.0175. The first-order valence-electron chi connectivity index (χ1n) is 5.11. The van der Waals surface area contributed by atoms with E-state index in [0.29, 0.717) is 0 Å². The molecule has 0 unspecified atom stereocenters. The highest BCUT2D eigenvalue weighted by atomic mass is 19.3. The molecule has 0 nitrogen and oxygen atoms in total. The Morgan fingerprint density at radius 1 is 0.750 bits per heavy atom. The first kappa shape index (κ1) is 10.8. The van der Waals surface area contributed by atoms with Crippen molar-refractivity contribution in [3.8, 4) is 11.1 Å². The summed E-state index contributed by atoms with van der Waals surface area (Å²) in [7, 11) is 0. The Kier molecular flexibility index (Phi) is 2.73. The molecule has 82 valence electrons. The second-order valence-electron chi connectivity index (χ2n) is 3.83. The van der Waals surface area contributed by atoms with Crippen molar-refractivity contribution in [2.75, 3.05) is 0 Å². The fourth-order valence-electron chi connectivity index (χ4n) is 1.59. The van der Waals surface area contributed by atoms with Crippen molar-refractivity contribution in [2.24, 2.45) is 0 Å². The lowest BCUT2D eigenvalue weighted by Gasteiger charge is -2.11. The third kappa shape index (κ3) is 2.27. The molecule has 0 fully saturated rings. The molecule has 16 heavy (non-hydrogen) atoms. The van der Waals surface area contributed by atoms with E-state index < -0.39 is 5.92 Å². The molecular formula is C14H12F2. The summed E-state index contributed by atoms with van der Waals surface area (Å²) in [6, 6.07) is 16.1. The van der Waals surface area contributed by atoms with Crippen molar-refractivity contribution in [3.05, 3.63) is 60.2 Å². The van der Waals surface area contributed by atoms with Gasteiger partial charge in [0.25, 0.3) is 5.92 Å². The predicted molar refractivity (Wildman–Crippen MR) is 61.4 cm³/mol. The smallest absolute Gasteiger partial charge is 0.202 e. The summed E-state index contributed by atoms with van der Waals surface area (Å²) in [6.07, 6.45) is 0. The molecular weight excluding hydrogens is 206 g/mol. The van der Waals surface area contributed by atoms with E-state index in [9.17, 15) is 8.78 Å².